The number of rotatable bonds is 5. The molecule has 3 heterocycles. The van der Waals surface area contributed by atoms with Crippen molar-refractivity contribution in [2.24, 2.45) is 5.92 Å². The summed E-state index contributed by atoms with van der Waals surface area (Å²) in [7, 11) is 1.83. The summed E-state index contributed by atoms with van der Waals surface area (Å²) in [6.07, 6.45) is 7.87. The molecule has 2 fully saturated rings. The highest BCUT2D eigenvalue weighted by Gasteiger charge is 2.19. The molecule has 2 saturated heterocycles. The van der Waals surface area contributed by atoms with Gasteiger partial charge in [-0.2, -0.15) is 0 Å². The highest BCUT2D eigenvalue weighted by Crippen LogP contribution is 2.21. The number of ether oxygens (including phenoxy) is 1. The van der Waals surface area contributed by atoms with Crippen molar-refractivity contribution in [3.8, 4) is 0 Å². The van der Waals surface area contributed by atoms with Gasteiger partial charge in [0.05, 0.1) is 6.10 Å². The van der Waals surface area contributed by atoms with Crippen LogP contribution in [0.1, 0.15) is 44.6 Å². The number of urea groups is 1. The second-order valence-corrected chi connectivity index (χ2v) is 7.72. The second-order valence-electron chi connectivity index (χ2n) is 7.72. The van der Waals surface area contributed by atoms with Gasteiger partial charge in [-0.05, 0) is 49.7 Å². The Morgan fingerprint density at radius 2 is 2.12 bits per heavy atom. The van der Waals surface area contributed by atoms with Crippen LogP contribution in [0, 0.1) is 5.92 Å². The molecule has 0 bridgehead atoms. The van der Waals surface area contributed by atoms with Crippen molar-refractivity contribution < 1.29 is 9.53 Å². The molecule has 1 atom stereocenters. The van der Waals surface area contributed by atoms with Crippen LogP contribution in [-0.4, -0.2) is 55.3 Å². The lowest BCUT2D eigenvalue weighted by Gasteiger charge is -2.31. The smallest absolute Gasteiger partial charge is 0.317 e. The minimum Gasteiger partial charge on any atom is -0.376 e. The zero-order valence-corrected chi connectivity index (χ0v) is 16.1. The number of piperidine rings is 1. The first-order valence-electron chi connectivity index (χ1n) is 9.92. The lowest BCUT2D eigenvalue weighted by Crippen LogP contribution is -2.42. The molecule has 0 aliphatic carbocycles. The number of hydrogen-bond donors (Lipinski definition) is 1. The minimum atomic E-state index is -0.0618. The molecule has 1 N–H and O–H groups in total. The van der Waals surface area contributed by atoms with E-state index in [0.717, 1.165) is 49.8 Å². The molecule has 0 aromatic carbocycles. The molecule has 1 aromatic rings. The molecule has 0 radical (unpaired) electrons. The first kappa shape index (κ1) is 19.0. The van der Waals surface area contributed by atoms with E-state index in [1.54, 1.807) is 4.90 Å². The fourth-order valence-electron chi connectivity index (χ4n) is 3.60. The van der Waals surface area contributed by atoms with Crippen molar-refractivity contribution in [2.45, 2.75) is 51.7 Å². The summed E-state index contributed by atoms with van der Waals surface area (Å²) in [6, 6.07) is 4.07. The van der Waals surface area contributed by atoms with Gasteiger partial charge in [0.15, 0.2) is 0 Å². The van der Waals surface area contributed by atoms with Crippen LogP contribution in [-0.2, 0) is 11.3 Å². The summed E-state index contributed by atoms with van der Waals surface area (Å²) in [5.74, 6) is 1.86. The van der Waals surface area contributed by atoms with Crippen LogP contribution in [0.2, 0.25) is 0 Å². The average molecular weight is 361 g/mol. The Morgan fingerprint density at radius 3 is 2.77 bits per heavy atom. The monoisotopic (exact) mass is 360 g/mol. The SMILES string of the molecule is CC1CCN(c2ccc(CNC(=O)N(C)CC3CCCCO3)cn2)CC1. The molecule has 2 aliphatic heterocycles. The molecule has 3 rings (SSSR count). The summed E-state index contributed by atoms with van der Waals surface area (Å²) >= 11 is 0. The summed E-state index contributed by atoms with van der Waals surface area (Å²) in [4.78, 5) is 20.9. The molecule has 6 heteroatoms. The molecule has 0 spiro atoms. The molecule has 6 nitrogen and oxygen atoms in total. The van der Waals surface area contributed by atoms with Crippen LogP contribution in [0.3, 0.4) is 0 Å². The van der Waals surface area contributed by atoms with Gasteiger partial charge in [0.25, 0.3) is 0 Å². The summed E-state index contributed by atoms with van der Waals surface area (Å²) in [5.41, 5.74) is 1.02. The topological polar surface area (TPSA) is 57.7 Å². The van der Waals surface area contributed by atoms with E-state index in [4.69, 9.17) is 4.74 Å². The molecule has 2 amide bonds. The van der Waals surface area contributed by atoms with Gasteiger partial charge in [-0.1, -0.05) is 13.0 Å². The van der Waals surface area contributed by atoms with Gasteiger partial charge in [0.1, 0.15) is 5.82 Å². The first-order chi connectivity index (χ1) is 12.6. The zero-order chi connectivity index (χ0) is 18.4. The predicted molar refractivity (Wildman–Crippen MR) is 103 cm³/mol. The first-order valence-corrected chi connectivity index (χ1v) is 9.92. The summed E-state index contributed by atoms with van der Waals surface area (Å²) in [6.45, 7) is 6.44. The highest BCUT2D eigenvalue weighted by molar-refractivity contribution is 5.73. The highest BCUT2D eigenvalue weighted by atomic mass is 16.5. The van der Waals surface area contributed by atoms with Gasteiger partial charge >= 0.3 is 6.03 Å². The van der Waals surface area contributed by atoms with Gasteiger partial charge in [-0.3, -0.25) is 0 Å². The molecule has 0 saturated carbocycles. The second kappa shape index (κ2) is 9.21. The molecule has 26 heavy (non-hydrogen) atoms. The van der Waals surface area contributed by atoms with Crippen LogP contribution in [0.25, 0.3) is 0 Å². The Bertz CT molecular complexity index is 564. The maximum absolute atomic E-state index is 12.3. The standard InChI is InChI=1S/C20H32N4O2/c1-16-8-10-24(11-9-16)19-7-6-17(13-21-19)14-22-20(25)23(2)15-18-5-3-4-12-26-18/h6-7,13,16,18H,3-5,8-12,14-15H2,1-2H3,(H,22,25). The third-order valence-corrected chi connectivity index (χ3v) is 5.46. The summed E-state index contributed by atoms with van der Waals surface area (Å²) < 4.78 is 5.70. The van der Waals surface area contributed by atoms with Crippen molar-refractivity contribution in [1.29, 1.82) is 0 Å². The number of carbonyl (C=O) groups excluding carboxylic acids is 1. The van der Waals surface area contributed by atoms with E-state index in [9.17, 15) is 4.79 Å². The fourth-order valence-corrected chi connectivity index (χ4v) is 3.60. The number of anilines is 1. The number of aromatic nitrogens is 1. The lowest BCUT2D eigenvalue weighted by molar-refractivity contribution is 0.00385. The predicted octanol–water partition coefficient (Wildman–Crippen LogP) is 3.03. The van der Waals surface area contributed by atoms with E-state index in [1.807, 2.05) is 13.2 Å². The molecule has 144 valence electrons. The summed E-state index contributed by atoms with van der Waals surface area (Å²) in [5, 5.41) is 2.97. The zero-order valence-electron chi connectivity index (χ0n) is 16.1. The number of nitrogens with one attached hydrogen (secondary N) is 1. The third-order valence-electron chi connectivity index (χ3n) is 5.46. The molecule has 2 aliphatic rings. The number of nitrogens with zero attached hydrogens (tertiary/aromatic N) is 3. The Hall–Kier alpha value is -1.82. The maximum atomic E-state index is 12.3. The van der Waals surface area contributed by atoms with E-state index >= 15 is 0 Å². The van der Waals surface area contributed by atoms with Gasteiger partial charge < -0.3 is 19.9 Å². The van der Waals surface area contributed by atoms with E-state index < -0.39 is 0 Å². The van der Waals surface area contributed by atoms with Gasteiger partial charge in [-0.15, -0.1) is 0 Å². The average Bonchev–Trinajstić information content (AvgIpc) is 2.68. The van der Waals surface area contributed by atoms with Gasteiger partial charge in [-0.25, -0.2) is 9.78 Å². The van der Waals surface area contributed by atoms with Gasteiger partial charge in [0, 0.05) is 46.0 Å². The largest absolute Gasteiger partial charge is 0.376 e. The Morgan fingerprint density at radius 1 is 1.31 bits per heavy atom. The normalized spacial score (nSPS) is 21.5. The van der Waals surface area contributed by atoms with E-state index in [-0.39, 0.29) is 12.1 Å². The van der Waals surface area contributed by atoms with Gasteiger partial charge in [0.2, 0.25) is 0 Å². The number of pyridine rings is 1. The van der Waals surface area contributed by atoms with Crippen molar-refractivity contribution >= 4 is 11.8 Å². The van der Waals surface area contributed by atoms with Crippen LogP contribution in [0.15, 0.2) is 18.3 Å². The maximum Gasteiger partial charge on any atom is 0.317 e. The molecule has 1 aromatic heterocycles. The Kier molecular flexibility index (Phi) is 6.72. The molecular formula is C20H32N4O2. The van der Waals surface area contributed by atoms with E-state index in [1.165, 1.54) is 19.3 Å². The number of carbonyl (C=O) groups is 1. The van der Waals surface area contributed by atoms with E-state index in [2.05, 4.69) is 34.3 Å². The van der Waals surface area contributed by atoms with Crippen LogP contribution >= 0.6 is 0 Å². The number of likely N-dealkylation sites (N-methyl/N-ethyl adjacent to an activating group) is 1. The lowest BCUT2D eigenvalue weighted by atomic mass is 9.99. The molecular weight excluding hydrogens is 328 g/mol. The fraction of sp³-hybridized carbons (Fsp3) is 0.700. The quantitative estimate of drug-likeness (QED) is 0.877. The van der Waals surface area contributed by atoms with E-state index in [0.29, 0.717) is 13.1 Å². The van der Waals surface area contributed by atoms with Crippen LogP contribution in [0.4, 0.5) is 10.6 Å². The number of amides is 2. The van der Waals surface area contributed by atoms with Crippen molar-refractivity contribution in [3.05, 3.63) is 23.9 Å². The van der Waals surface area contributed by atoms with Crippen LogP contribution in [0.5, 0.6) is 0 Å². The minimum absolute atomic E-state index is 0.0618. The van der Waals surface area contributed by atoms with Crippen molar-refractivity contribution in [3.63, 3.8) is 0 Å². The third kappa shape index (κ3) is 5.34. The number of hydrogen-bond acceptors (Lipinski definition) is 4. The Labute approximate surface area is 156 Å². The molecule has 1 unspecified atom stereocenters. The van der Waals surface area contributed by atoms with Crippen molar-refractivity contribution in [2.75, 3.05) is 38.2 Å². The van der Waals surface area contributed by atoms with Crippen molar-refractivity contribution in [1.82, 2.24) is 15.2 Å². The Balaban J connectivity index is 1.43. The van der Waals surface area contributed by atoms with Crippen LogP contribution < -0.4 is 10.2 Å².